The van der Waals surface area contributed by atoms with E-state index in [0.717, 1.165) is 12.3 Å². The molecule has 3 nitrogen and oxygen atoms in total. The molecule has 0 aliphatic rings. The summed E-state index contributed by atoms with van der Waals surface area (Å²) in [5.74, 6) is -0.828. The normalized spacial score (nSPS) is 13.0. The Balaban J connectivity index is 3.32. The van der Waals surface area contributed by atoms with Gasteiger partial charge in [0.05, 0.1) is 0 Å². The van der Waals surface area contributed by atoms with Crippen LogP contribution in [0.25, 0.3) is 0 Å². The molecule has 1 unspecified atom stereocenters. The third-order valence-corrected chi connectivity index (χ3v) is 2.12. The quantitative estimate of drug-likeness (QED) is 0.545. The van der Waals surface area contributed by atoms with Gasteiger partial charge < -0.3 is 4.55 Å². The molecular weight excluding hydrogens is 193 g/mol. The minimum Gasteiger partial charge on any atom is -0.302 e. The molecule has 1 heterocycles. The van der Waals surface area contributed by atoms with Crippen molar-refractivity contribution in [1.29, 1.82) is 0 Å². The van der Waals surface area contributed by atoms with Gasteiger partial charge in [-0.05, 0) is 6.07 Å². The second kappa shape index (κ2) is 3.25. The van der Waals surface area contributed by atoms with E-state index >= 15 is 0 Å². The first-order chi connectivity index (χ1) is 5.13. The zero-order valence-electron chi connectivity index (χ0n) is 5.12. The monoisotopic (exact) mass is 195 g/mol. The first-order valence-electron chi connectivity index (χ1n) is 2.54. The molecule has 60 valence electrons. The Morgan fingerprint density at radius 3 is 2.73 bits per heavy atom. The Labute approximate surface area is 69.5 Å². The van der Waals surface area contributed by atoms with Gasteiger partial charge in [-0.25, -0.2) is 13.6 Å². The molecule has 11 heavy (non-hydrogen) atoms. The molecule has 1 N–H and O–H groups in total. The minimum atomic E-state index is -2.42. The predicted molar refractivity (Wildman–Crippen MR) is 38.2 cm³/mol. The van der Waals surface area contributed by atoms with Crippen molar-refractivity contribution >= 4 is 22.7 Å². The SMILES string of the molecule is O=S(O)c1c(F)ccnc1Cl. The summed E-state index contributed by atoms with van der Waals surface area (Å²) in [7, 11) is 0. The van der Waals surface area contributed by atoms with Gasteiger partial charge in [0.1, 0.15) is 10.7 Å². The number of aromatic nitrogens is 1. The van der Waals surface area contributed by atoms with Crippen molar-refractivity contribution in [2.45, 2.75) is 4.90 Å². The summed E-state index contributed by atoms with van der Waals surface area (Å²) in [5, 5.41) is -0.286. The van der Waals surface area contributed by atoms with Gasteiger partial charge in [-0.2, -0.15) is 0 Å². The van der Waals surface area contributed by atoms with E-state index in [1.165, 1.54) is 0 Å². The smallest absolute Gasteiger partial charge is 0.192 e. The van der Waals surface area contributed by atoms with Gasteiger partial charge in [-0.3, -0.25) is 0 Å². The van der Waals surface area contributed by atoms with Crippen molar-refractivity contribution in [1.82, 2.24) is 4.98 Å². The molecule has 0 aromatic carbocycles. The lowest BCUT2D eigenvalue weighted by Gasteiger charge is -1.97. The van der Waals surface area contributed by atoms with E-state index in [-0.39, 0.29) is 5.15 Å². The number of rotatable bonds is 1. The average Bonchev–Trinajstić information content (AvgIpc) is 1.85. The van der Waals surface area contributed by atoms with E-state index in [2.05, 4.69) is 4.98 Å². The van der Waals surface area contributed by atoms with Crippen molar-refractivity contribution in [3.8, 4) is 0 Å². The maximum absolute atomic E-state index is 12.6. The molecule has 1 aromatic heterocycles. The topological polar surface area (TPSA) is 50.2 Å². The fourth-order valence-electron chi connectivity index (χ4n) is 0.556. The Morgan fingerprint density at radius 1 is 1.73 bits per heavy atom. The maximum atomic E-state index is 12.6. The Kier molecular flexibility index (Phi) is 2.53. The fourth-order valence-corrected chi connectivity index (χ4v) is 1.33. The number of halogens is 2. The lowest BCUT2D eigenvalue weighted by atomic mass is 10.5. The molecule has 1 atom stereocenters. The highest BCUT2D eigenvalue weighted by Gasteiger charge is 2.12. The van der Waals surface area contributed by atoms with Crippen LogP contribution in [0.15, 0.2) is 17.2 Å². The zero-order valence-corrected chi connectivity index (χ0v) is 6.69. The van der Waals surface area contributed by atoms with Crippen LogP contribution in [0.5, 0.6) is 0 Å². The van der Waals surface area contributed by atoms with Gasteiger partial charge in [0, 0.05) is 6.20 Å². The van der Waals surface area contributed by atoms with Gasteiger partial charge in [0.15, 0.2) is 16.2 Å². The summed E-state index contributed by atoms with van der Waals surface area (Å²) in [6, 6.07) is 0.968. The summed E-state index contributed by atoms with van der Waals surface area (Å²) >= 11 is 2.90. The van der Waals surface area contributed by atoms with Crippen LogP contribution in [0.3, 0.4) is 0 Å². The van der Waals surface area contributed by atoms with Crippen LogP contribution in [-0.4, -0.2) is 13.7 Å². The molecule has 0 aliphatic carbocycles. The van der Waals surface area contributed by atoms with Gasteiger partial charge >= 0.3 is 0 Å². The van der Waals surface area contributed by atoms with Crippen LogP contribution in [-0.2, 0) is 11.1 Å². The molecule has 0 aliphatic heterocycles. The first-order valence-corrected chi connectivity index (χ1v) is 4.02. The van der Waals surface area contributed by atoms with Crippen LogP contribution in [0, 0.1) is 5.82 Å². The van der Waals surface area contributed by atoms with E-state index in [1.807, 2.05) is 0 Å². The molecule has 1 aromatic rings. The predicted octanol–water partition coefficient (Wildman–Crippen LogP) is 1.45. The van der Waals surface area contributed by atoms with E-state index in [4.69, 9.17) is 16.2 Å². The van der Waals surface area contributed by atoms with Crippen LogP contribution in [0.1, 0.15) is 0 Å². The molecule has 1 rings (SSSR count). The average molecular weight is 196 g/mol. The summed E-state index contributed by atoms with van der Waals surface area (Å²) in [5.41, 5.74) is 0. The maximum Gasteiger partial charge on any atom is 0.192 e. The molecule has 0 fully saturated rings. The van der Waals surface area contributed by atoms with Crippen LogP contribution < -0.4 is 0 Å². The summed E-state index contributed by atoms with van der Waals surface area (Å²) in [6.07, 6.45) is 1.12. The lowest BCUT2D eigenvalue weighted by Crippen LogP contribution is -1.95. The van der Waals surface area contributed by atoms with Crippen LogP contribution >= 0.6 is 11.6 Å². The third-order valence-electron chi connectivity index (χ3n) is 0.988. The van der Waals surface area contributed by atoms with Gasteiger partial charge in [0.25, 0.3) is 0 Å². The van der Waals surface area contributed by atoms with Crippen molar-refractivity contribution in [3.63, 3.8) is 0 Å². The second-order valence-corrected chi connectivity index (χ2v) is 2.93. The fraction of sp³-hybridized carbons (Fsp3) is 0. The first kappa shape index (κ1) is 8.58. The molecule has 0 saturated heterocycles. The highest BCUT2D eigenvalue weighted by atomic mass is 35.5. The minimum absolute atomic E-state index is 0.286. The molecule has 6 heteroatoms. The van der Waals surface area contributed by atoms with Crippen LogP contribution in [0.4, 0.5) is 4.39 Å². The molecule has 0 spiro atoms. The largest absolute Gasteiger partial charge is 0.302 e. The number of hydrogen-bond acceptors (Lipinski definition) is 2. The highest BCUT2D eigenvalue weighted by Crippen LogP contribution is 2.18. The Bertz CT molecular complexity index is 286. The van der Waals surface area contributed by atoms with Crippen molar-refractivity contribution in [2.24, 2.45) is 0 Å². The van der Waals surface area contributed by atoms with Gasteiger partial charge in [0.2, 0.25) is 0 Å². The molecular formula is C5H3ClFNO2S. The van der Waals surface area contributed by atoms with E-state index in [0.29, 0.717) is 0 Å². The summed E-state index contributed by atoms with van der Waals surface area (Å²) < 4.78 is 31.5. The van der Waals surface area contributed by atoms with Crippen molar-refractivity contribution < 1.29 is 13.2 Å². The van der Waals surface area contributed by atoms with Crippen molar-refractivity contribution in [3.05, 3.63) is 23.2 Å². The molecule has 0 amide bonds. The van der Waals surface area contributed by atoms with Gasteiger partial charge in [-0.15, -0.1) is 0 Å². The van der Waals surface area contributed by atoms with Crippen LogP contribution in [0.2, 0.25) is 5.15 Å². The number of pyridine rings is 1. The van der Waals surface area contributed by atoms with Crippen molar-refractivity contribution in [2.75, 3.05) is 0 Å². The zero-order chi connectivity index (χ0) is 8.43. The number of hydrogen-bond donors (Lipinski definition) is 1. The Morgan fingerprint density at radius 2 is 2.36 bits per heavy atom. The third kappa shape index (κ3) is 1.74. The summed E-state index contributed by atoms with van der Waals surface area (Å²) in [4.78, 5) is 2.96. The number of nitrogens with zero attached hydrogens (tertiary/aromatic N) is 1. The molecule has 0 bridgehead atoms. The van der Waals surface area contributed by atoms with E-state index in [9.17, 15) is 8.60 Å². The standard InChI is InChI=1S/C5H3ClFNO2S/c6-5-4(11(9)10)3(7)1-2-8-5/h1-2H,(H,9,10). The summed E-state index contributed by atoms with van der Waals surface area (Å²) in [6.45, 7) is 0. The molecule has 0 radical (unpaired) electrons. The highest BCUT2D eigenvalue weighted by molar-refractivity contribution is 7.79. The second-order valence-electron chi connectivity index (χ2n) is 1.66. The Hall–Kier alpha value is -0.520. The van der Waals surface area contributed by atoms with Gasteiger partial charge in [-0.1, -0.05) is 11.6 Å². The van der Waals surface area contributed by atoms with E-state index in [1.54, 1.807) is 0 Å². The lowest BCUT2D eigenvalue weighted by molar-refractivity contribution is 0.542. The van der Waals surface area contributed by atoms with E-state index < -0.39 is 21.8 Å². The molecule has 0 saturated carbocycles.